The molecular weight excluding hydrogens is 266 g/mol. The normalized spacial score (nSPS) is 12.7. The average molecular weight is 285 g/mol. The van der Waals surface area contributed by atoms with Gasteiger partial charge in [-0.1, -0.05) is 0 Å². The summed E-state index contributed by atoms with van der Waals surface area (Å²) in [6.07, 6.45) is 7.30. The number of hydrogen-bond donors (Lipinski definition) is 1. The Bertz CT molecular complexity index is 710. The minimum Gasteiger partial charge on any atom is -0.467 e. The smallest absolute Gasteiger partial charge is 0.133 e. The molecule has 3 aromatic heterocycles. The van der Waals surface area contributed by atoms with Gasteiger partial charge in [0, 0.05) is 44.3 Å². The van der Waals surface area contributed by atoms with Crippen molar-refractivity contribution in [2.24, 2.45) is 14.1 Å². The van der Waals surface area contributed by atoms with Crippen molar-refractivity contribution in [3.63, 3.8) is 0 Å². The molecule has 110 valence electrons. The maximum absolute atomic E-state index is 5.56. The highest BCUT2D eigenvalue weighted by Gasteiger charge is 2.21. The van der Waals surface area contributed by atoms with Gasteiger partial charge in [0.05, 0.1) is 12.5 Å². The summed E-state index contributed by atoms with van der Waals surface area (Å²) >= 11 is 0. The molecule has 3 rings (SSSR count). The van der Waals surface area contributed by atoms with E-state index in [2.05, 4.69) is 22.3 Å². The van der Waals surface area contributed by atoms with E-state index in [1.807, 2.05) is 47.9 Å². The first-order valence-electron chi connectivity index (χ1n) is 6.88. The van der Waals surface area contributed by atoms with Gasteiger partial charge in [-0.2, -0.15) is 5.10 Å². The number of nitrogens with one attached hydrogen (secondary N) is 1. The molecule has 0 amide bonds. The third-order valence-electron chi connectivity index (χ3n) is 3.78. The van der Waals surface area contributed by atoms with E-state index >= 15 is 0 Å². The molecule has 1 atom stereocenters. The average Bonchev–Trinajstić information content (AvgIpc) is 3.19. The lowest BCUT2D eigenvalue weighted by atomic mass is 10.2. The summed E-state index contributed by atoms with van der Waals surface area (Å²) in [5.74, 6) is 1.78. The summed E-state index contributed by atoms with van der Waals surface area (Å²) in [5, 5.41) is 7.77. The van der Waals surface area contributed by atoms with Gasteiger partial charge in [-0.05, 0) is 19.1 Å². The molecule has 0 aliphatic rings. The van der Waals surface area contributed by atoms with Crippen LogP contribution in [0, 0.1) is 6.92 Å². The van der Waals surface area contributed by atoms with Gasteiger partial charge >= 0.3 is 0 Å². The van der Waals surface area contributed by atoms with Crippen LogP contribution in [0.2, 0.25) is 0 Å². The Kier molecular flexibility index (Phi) is 3.62. The highest BCUT2D eigenvalue weighted by atomic mass is 16.3. The van der Waals surface area contributed by atoms with Crippen LogP contribution in [0.25, 0.3) is 0 Å². The van der Waals surface area contributed by atoms with Crippen LogP contribution in [-0.2, 0) is 20.6 Å². The molecule has 0 fully saturated rings. The highest BCUT2D eigenvalue weighted by Crippen LogP contribution is 2.21. The zero-order chi connectivity index (χ0) is 14.8. The quantitative estimate of drug-likeness (QED) is 0.778. The van der Waals surface area contributed by atoms with Gasteiger partial charge in [0.25, 0.3) is 0 Å². The summed E-state index contributed by atoms with van der Waals surface area (Å²) in [7, 11) is 3.93. The van der Waals surface area contributed by atoms with Crippen molar-refractivity contribution in [2.45, 2.75) is 19.5 Å². The SMILES string of the molecule is Cc1c(CNC(c2ccco2)c2nccn2C)cnn1C. The number of imidazole rings is 1. The zero-order valence-corrected chi connectivity index (χ0v) is 12.4. The maximum Gasteiger partial charge on any atom is 0.133 e. The molecule has 3 aromatic rings. The van der Waals surface area contributed by atoms with E-state index in [1.165, 1.54) is 5.56 Å². The molecule has 0 radical (unpaired) electrons. The van der Waals surface area contributed by atoms with Gasteiger partial charge in [0.15, 0.2) is 0 Å². The molecule has 0 saturated carbocycles. The van der Waals surface area contributed by atoms with Crippen LogP contribution in [0.3, 0.4) is 0 Å². The van der Waals surface area contributed by atoms with Crippen LogP contribution in [0.4, 0.5) is 0 Å². The van der Waals surface area contributed by atoms with Gasteiger partial charge in [-0.25, -0.2) is 4.98 Å². The second-order valence-corrected chi connectivity index (χ2v) is 5.10. The summed E-state index contributed by atoms with van der Waals surface area (Å²) in [6, 6.07) is 3.77. The third-order valence-corrected chi connectivity index (χ3v) is 3.78. The molecule has 1 unspecified atom stereocenters. The largest absolute Gasteiger partial charge is 0.467 e. The lowest BCUT2D eigenvalue weighted by molar-refractivity contribution is 0.429. The van der Waals surface area contributed by atoms with E-state index in [4.69, 9.17) is 4.42 Å². The van der Waals surface area contributed by atoms with Crippen LogP contribution in [0.1, 0.15) is 28.9 Å². The molecule has 6 nitrogen and oxygen atoms in total. The Hall–Kier alpha value is -2.34. The van der Waals surface area contributed by atoms with E-state index < -0.39 is 0 Å². The molecular formula is C15H19N5O. The van der Waals surface area contributed by atoms with Gasteiger partial charge in [0.2, 0.25) is 0 Å². The number of aryl methyl sites for hydroxylation is 2. The van der Waals surface area contributed by atoms with Crippen LogP contribution < -0.4 is 5.32 Å². The van der Waals surface area contributed by atoms with Crippen LogP contribution in [-0.4, -0.2) is 19.3 Å². The van der Waals surface area contributed by atoms with Gasteiger partial charge in [0.1, 0.15) is 17.6 Å². The number of nitrogens with zero attached hydrogens (tertiary/aromatic N) is 4. The number of aromatic nitrogens is 4. The standard InChI is InChI=1S/C15H19N5O/c1-11-12(10-18-20(11)3)9-17-14(13-5-4-8-21-13)15-16-6-7-19(15)2/h4-8,10,14,17H,9H2,1-3H3. The third kappa shape index (κ3) is 2.62. The zero-order valence-electron chi connectivity index (χ0n) is 12.4. The van der Waals surface area contributed by atoms with Gasteiger partial charge < -0.3 is 8.98 Å². The Morgan fingerprint density at radius 3 is 2.81 bits per heavy atom. The predicted molar refractivity (Wildman–Crippen MR) is 78.5 cm³/mol. The van der Waals surface area contributed by atoms with E-state index in [0.29, 0.717) is 6.54 Å². The first kappa shape index (κ1) is 13.6. The fourth-order valence-electron chi connectivity index (χ4n) is 2.36. The van der Waals surface area contributed by atoms with Crippen molar-refractivity contribution >= 4 is 0 Å². The molecule has 0 aliphatic carbocycles. The summed E-state index contributed by atoms with van der Waals surface area (Å²) in [4.78, 5) is 4.43. The number of hydrogen-bond acceptors (Lipinski definition) is 4. The first-order chi connectivity index (χ1) is 10.2. The van der Waals surface area contributed by atoms with E-state index in [1.54, 1.807) is 12.5 Å². The van der Waals surface area contributed by atoms with Crippen molar-refractivity contribution in [1.82, 2.24) is 24.6 Å². The molecule has 1 N–H and O–H groups in total. The molecule has 0 aliphatic heterocycles. The topological polar surface area (TPSA) is 60.8 Å². The van der Waals surface area contributed by atoms with Crippen LogP contribution in [0.15, 0.2) is 41.4 Å². The molecule has 6 heteroatoms. The van der Waals surface area contributed by atoms with Crippen molar-refractivity contribution in [1.29, 1.82) is 0 Å². The van der Waals surface area contributed by atoms with E-state index in [-0.39, 0.29) is 6.04 Å². The van der Waals surface area contributed by atoms with E-state index in [9.17, 15) is 0 Å². The highest BCUT2D eigenvalue weighted by molar-refractivity contribution is 5.19. The van der Waals surface area contributed by atoms with E-state index in [0.717, 1.165) is 17.3 Å². The lowest BCUT2D eigenvalue weighted by Gasteiger charge is -2.16. The minimum absolute atomic E-state index is 0.0837. The fraction of sp³-hybridized carbons (Fsp3) is 0.333. The van der Waals surface area contributed by atoms with Crippen LogP contribution in [0.5, 0.6) is 0 Å². The first-order valence-corrected chi connectivity index (χ1v) is 6.88. The molecule has 0 aromatic carbocycles. The lowest BCUT2D eigenvalue weighted by Crippen LogP contribution is -2.24. The summed E-state index contributed by atoms with van der Waals surface area (Å²) < 4.78 is 9.43. The monoisotopic (exact) mass is 285 g/mol. The number of furan rings is 1. The number of rotatable bonds is 5. The van der Waals surface area contributed by atoms with Crippen molar-refractivity contribution in [2.75, 3.05) is 0 Å². The molecule has 0 saturated heterocycles. The Labute approximate surface area is 123 Å². The predicted octanol–water partition coefficient (Wildman–Crippen LogP) is 1.93. The van der Waals surface area contributed by atoms with Crippen molar-refractivity contribution in [3.8, 4) is 0 Å². The van der Waals surface area contributed by atoms with Gasteiger partial charge in [-0.15, -0.1) is 0 Å². The Morgan fingerprint density at radius 2 is 2.24 bits per heavy atom. The molecule has 0 bridgehead atoms. The molecule has 3 heterocycles. The summed E-state index contributed by atoms with van der Waals surface area (Å²) in [5.41, 5.74) is 2.32. The van der Waals surface area contributed by atoms with Crippen molar-refractivity contribution in [3.05, 3.63) is 59.8 Å². The van der Waals surface area contributed by atoms with Gasteiger partial charge in [-0.3, -0.25) is 10.00 Å². The summed E-state index contributed by atoms with van der Waals surface area (Å²) in [6.45, 7) is 2.77. The Balaban J connectivity index is 1.84. The Morgan fingerprint density at radius 1 is 1.38 bits per heavy atom. The molecule has 21 heavy (non-hydrogen) atoms. The second-order valence-electron chi connectivity index (χ2n) is 5.10. The second kappa shape index (κ2) is 5.57. The van der Waals surface area contributed by atoms with Crippen molar-refractivity contribution < 1.29 is 4.42 Å². The minimum atomic E-state index is -0.0837. The van der Waals surface area contributed by atoms with Crippen LogP contribution >= 0.6 is 0 Å². The maximum atomic E-state index is 5.56. The molecule has 0 spiro atoms. The fourth-order valence-corrected chi connectivity index (χ4v) is 2.36.